The van der Waals surface area contributed by atoms with Crippen molar-refractivity contribution in [3.63, 3.8) is 0 Å². The van der Waals surface area contributed by atoms with Crippen molar-refractivity contribution in [2.75, 3.05) is 4.90 Å². The van der Waals surface area contributed by atoms with Gasteiger partial charge in [-0.05, 0) is 159 Å². The topological polar surface area (TPSA) is 29.5 Å². The Morgan fingerprint density at radius 1 is 0.362 bits per heavy atom. The molecule has 2 heterocycles. The van der Waals surface area contributed by atoms with Crippen molar-refractivity contribution in [2.24, 2.45) is 0 Å². The van der Waals surface area contributed by atoms with Crippen LogP contribution in [0.15, 0.2) is 167 Å². The summed E-state index contributed by atoms with van der Waals surface area (Å²) in [6.07, 6.45) is 0. The fourth-order valence-corrected chi connectivity index (χ4v) is 13.5. The summed E-state index contributed by atoms with van der Waals surface area (Å²) in [5.74, 6) is 0. The van der Waals surface area contributed by atoms with Crippen LogP contribution in [0.5, 0.6) is 0 Å². The highest BCUT2D eigenvalue weighted by atomic mass is 16.3. The molecule has 334 valence electrons. The van der Waals surface area contributed by atoms with Crippen molar-refractivity contribution in [1.29, 1.82) is 0 Å². The van der Waals surface area contributed by atoms with Crippen LogP contribution in [0.25, 0.3) is 88.4 Å². The minimum Gasteiger partial charge on any atom is -0.455 e. The predicted octanol–water partition coefficient (Wildman–Crippen LogP) is 18.5. The summed E-state index contributed by atoms with van der Waals surface area (Å²) in [5.41, 5.74) is 28.3. The summed E-state index contributed by atoms with van der Waals surface area (Å²) in [6.45, 7) is 21.2. The molecule has 0 unspecified atom stereocenters. The van der Waals surface area contributed by atoms with E-state index in [0.717, 1.165) is 50.3 Å². The highest BCUT2D eigenvalue weighted by molar-refractivity contribution is 6.21. The van der Waals surface area contributed by atoms with Crippen LogP contribution in [0.3, 0.4) is 0 Å². The molecule has 0 bridgehead atoms. The maximum Gasteiger partial charge on any atom is 0.144 e. The molecule has 3 aliphatic carbocycles. The molecule has 0 aliphatic heterocycles. The number of fused-ring (bicyclic) bond motifs is 19. The van der Waals surface area contributed by atoms with Crippen molar-refractivity contribution in [1.82, 2.24) is 0 Å². The molecular weight excluding hydrogens is 839 g/mol. The van der Waals surface area contributed by atoms with Gasteiger partial charge in [0.2, 0.25) is 0 Å². The van der Waals surface area contributed by atoms with Gasteiger partial charge in [0.05, 0.1) is 0 Å². The Bertz CT molecular complexity index is 4070. The van der Waals surface area contributed by atoms with Gasteiger partial charge >= 0.3 is 0 Å². The van der Waals surface area contributed by atoms with Crippen LogP contribution in [-0.2, 0) is 16.2 Å². The normalized spacial score (nSPS) is 15.4. The van der Waals surface area contributed by atoms with Gasteiger partial charge in [0.25, 0.3) is 0 Å². The molecule has 3 heteroatoms. The Hall–Kier alpha value is -7.62. The molecule has 0 saturated carbocycles. The van der Waals surface area contributed by atoms with Gasteiger partial charge in [-0.1, -0.05) is 145 Å². The molecule has 0 atom stereocenters. The standard InChI is InChI=1S/C66H53NO2/c1-36-30-37(2)32-41(31-36)67(39-26-28-44-50(33-39)64(4,5)52-35-48(42-19-11-10-18-38(42)3)62-57(55(44)52)46-21-13-16-24-53(46)68-62)40-27-29-45-51(34-40)66(8,9)61-59(45)63-58(47-22-14-17-25-54(47)69-63)56-43-20-12-15-23-49(43)65(6,7)60(56)61/h10-35H,1-9H3. The van der Waals surface area contributed by atoms with Crippen molar-refractivity contribution < 1.29 is 8.83 Å². The van der Waals surface area contributed by atoms with Gasteiger partial charge in [0.15, 0.2) is 0 Å². The summed E-state index contributed by atoms with van der Waals surface area (Å²) in [6, 6.07) is 58.8. The van der Waals surface area contributed by atoms with Crippen LogP contribution in [0.1, 0.15) is 91.6 Å². The van der Waals surface area contributed by atoms with E-state index in [1.165, 1.54) is 105 Å². The summed E-state index contributed by atoms with van der Waals surface area (Å²) in [7, 11) is 0. The van der Waals surface area contributed by atoms with Crippen molar-refractivity contribution in [2.45, 2.75) is 78.6 Å². The number of hydrogen-bond acceptors (Lipinski definition) is 3. The Morgan fingerprint density at radius 2 is 0.870 bits per heavy atom. The van der Waals surface area contributed by atoms with E-state index in [9.17, 15) is 0 Å². The highest BCUT2D eigenvalue weighted by Crippen LogP contribution is 2.64. The summed E-state index contributed by atoms with van der Waals surface area (Å²) >= 11 is 0. The Balaban J connectivity index is 0.994. The number of furan rings is 2. The zero-order valence-corrected chi connectivity index (χ0v) is 40.8. The average Bonchev–Trinajstić information content (AvgIpc) is 4.08. The van der Waals surface area contributed by atoms with Gasteiger partial charge in [-0.15, -0.1) is 0 Å². The summed E-state index contributed by atoms with van der Waals surface area (Å²) in [4.78, 5) is 2.50. The molecular formula is C66H53NO2. The fourth-order valence-electron chi connectivity index (χ4n) is 13.5. The van der Waals surface area contributed by atoms with E-state index in [-0.39, 0.29) is 16.2 Å². The first-order valence-electron chi connectivity index (χ1n) is 24.6. The average molecular weight is 892 g/mol. The number of rotatable bonds is 4. The second-order valence-corrected chi connectivity index (χ2v) is 21.8. The van der Waals surface area contributed by atoms with Crippen molar-refractivity contribution >= 4 is 60.9 Å². The number of benzene rings is 9. The van der Waals surface area contributed by atoms with E-state index in [4.69, 9.17) is 8.83 Å². The van der Waals surface area contributed by atoms with E-state index < -0.39 is 0 Å². The Morgan fingerprint density at radius 3 is 1.54 bits per heavy atom. The monoisotopic (exact) mass is 891 g/mol. The lowest BCUT2D eigenvalue weighted by Crippen LogP contribution is -2.24. The predicted molar refractivity (Wildman–Crippen MR) is 288 cm³/mol. The van der Waals surface area contributed by atoms with Crippen LogP contribution >= 0.6 is 0 Å². The number of para-hydroxylation sites is 2. The van der Waals surface area contributed by atoms with Crippen molar-refractivity contribution in [3.8, 4) is 44.5 Å². The van der Waals surface area contributed by atoms with Crippen LogP contribution in [0.2, 0.25) is 0 Å². The lowest BCUT2D eigenvalue weighted by Gasteiger charge is -2.32. The molecule has 0 fully saturated rings. The van der Waals surface area contributed by atoms with Gasteiger partial charge < -0.3 is 13.7 Å². The van der Waals surface area contributed by atoms with Crippen LogP contribution < -0.4 is 4.90 Å². The lowest BCUT2D eigenvalue weighted by atomic mass is 9.72. The third kappa shape index (κ3) is 5.23. The number of nitrogens with zero attached hydrogens (tertiary/aromatic N) is 1. The molecule has 14 rings (SSSR count). The number of aryl methyl sites for hydroxylation is 3. The molecule has 69 heavy (non-hydrogen) atoms. The first-order valence-corrected chi connectivity index (χ1v) is 24.6. The number of hydrogen-bond donors (Lipinski definition) is 0. The molecule has 2 aromatic heterocycles. The fraction of sp³-hybridized carbons (Fsp3) is 0.182. The van der Waals surface area contributed by atoms with Crippen molar-refractivity contribution in [3.05, 3.63) is 208 Å². The van der Waals surface area contributed by atoms with Gasteiger partial charge in [-0.2, -0.15) is 0 Å². The minimum absolute atomic E-state index is 0.209. The Labute approximate surface area is 403 Å². The smallest absolute Gasteiger partial charge is 0.144 e. The Kier molecular flexibility index (Phi) is 7.94. The van der Waals surface area contributed by atoms with E-state index in [0.29, 0.717) is 0 Å². The first-order chi connectivity index (χ1) is 33.2. The quantitative estimate of drug-likeness (QED) is 0.176. The zero-order chi connectivity index (χ0) is 47.0. The first kappa shape index (κ1) is 40.4. The van der Waals surface area contributed by atoms with Crippen LogP contribution in [0, 0.1) is 20.8 Å². The van der Waals surface area contributed by atoms with Gasteiger partial charge in [0.1, 0.15) is 22.3 Å². The highest BCUT2D eigenvalue weighted by Gasteiger charge is 2.49. The van der Waals surface area contributed by atoms with E-state index in [2.05, 4.69) is 225 Å². The second-order valence-electron chi connectivity index (χ2n) is 21.8. The van der Waals surface area contributed by atoms with E-state index in [1.807, 2.05) is 0 Å². The lowest BCUT2D eigenvalue weighted by molar-refractivity contribution is 0.600. The molecule has 0 N–H and O–H groups in total. The maximum atomic E-state index is 7.05. The third-order valence-corrected chi connectivity index (χ3v) is 16.6. The largest absolute Gasteiger partial charge is 0.455 e. The third-order valence-electron chi connectivity index (χ3n) is 16.6. The minimum atomic E-state index is -0.333. The summed E-state index contributed by atoms with van der Waals surface area (Å²) in [5, 5.41) is 4.76. The molecule has 11 aromatic rings. The number of anilines is 3. The van der Waals surface area contributed by atoms with Gasteiger partial charge in [0, 0.05) is 66.0 Å². The van der Waals surface area contributed by atoms with Crippen LogP contribution in [-0.4, -0.2) is 0 Å². The molecule has 0 amide bonds. The van der Waals surface area contributed by atoms with E-state index in [1.54, 1.807) is 0 Å². The second kappa shape index (κ2) is 13.5. The van der Waals surface area contributed by atoms with E-state index >= 15 is 0 Å². The SMILES string of the molecule is Cc1cc(C)cc(N(c2ccc3c(c2)C(C)(C)c2cc(-c4ccccc4C)c4oc5ccccc5c4c2-3)c2ccc3c(c2)C(C)(C)c2c4c(c5c(oc6ccccc65)c2-3)-c2ccccc2C4(C)C)c1. The zero-order valence-electron chi connectivity index (χ0n) is 40.8. The molecule has 3 nitrogen and oxygen atoms in total. The van der Waals surface area contributed by atoms with Gasteiger partial charge in [-0.3, -0.25) is 0 Å². The molecule has 0 radical (unpaired) electrons. The molecule has 3 aliphatic rings. The van der Waals surface area contributed by atoms with Crippen LogP contribution in [0.4, 0.5) is 17.1 Å². The summed E-state index contributed by atoms with van der Waals surface area (Å²) < 4.78 is 13.9. The molecule has 0 spiro atoms. The molecule has 0 saturated heterocycles. The van der Waals surface area contributed by atoms with Gasteiger partial charge in [-0.25, -0.2) is 0 Å². The maximum absolute atomic E-state index is 7.05. The molecule has 9 aromatic carbocycles.